The lowest BCUT2D eigenvalue weighted by molar-refractivity contribution is 0.148. The van der Waals surface area contributed by atoms with Gasteiger partial charge in [0.15, 0.2) is 5.82 Å². The van der Waals surface area contributed by atoms with Crippen molar-refractivity contribution in [3.8, 4) is 6.07 Å². The third kappa shape index (κ3) is 3.12. The first-order chi connectivity index (χ1) is 9.72. The molecule has 2 rings (SSSR count). The van der Waals surface area contributed by atoms with E-state index in [4.69, 9.17) is 10.00 Å². The highest BCUT2D eigenvalue weighted by atomic mass is 16.6. The van der Waals surface area contributed by atoms with Gasteiger partial charge in [-0.2, -0.15) is 5.26 Å². The Bertz CT molecular complexity index is 635. The van der Waals surface area contributed by atoms with Crippen molar-refractivity contribution < 1.29 is 9.53 Å². The number of hydrogen-bond donors (Lipinski definition) is 0. The lowest BCUT2D eigenvalue weighted by atomic mass is 10.2. The number of anilines is 1. The Morgan fingerprint density at radius 3 is 2.75 bits per heavy atom. The van der Waals surface area contributed by atoms with E-state index in [-0.39, 0.29) is 12.4 Å². The molecular weight excluding hydrogens is 254 g/mol. The molecule has 0 atom stereocenters. The van der Waals surface area contributed by atoms with Crippen LogP contribution in [-0.4, -0.2) is 18.1 Å². The van der Waals surface area contributed by atoms with Crippen LogP contribution in [0.15, 0.2) is 48.7 Å². The second-order valence-electron chi connectivity index (χ2n) is 4.09. The number of benzene rings is 1. The molecule has 1 aromatic carbocycles. The van der Waals surface area contributed by atoms with E-state index in [1.807, 2.05) is 36.4 Å². The van der Waals surface area contributed by atoms with Gasteiger partial charge >= 0.3 is 6.09 Å². The van der Waals surface area contributed by atoms with Gasteiger partial charge in [0, 0.05) is 13.2 Å². The first-order valence-electron chi connectivity index (χ1n) is 6.02. The van der Waals surface area contributed by atoms with Crippen LogP contribution in [0.3, 0.4) is 0 Å². The largest absolute Gasteiger partial charge is 0.444 e. The highest BCUT2D eigenvalue weighted by Crippen LogP contribution is 2.15. The van der Waals surface area contributed by atoms with E-state index in [1.165, 1.54) is 18.1 Å². The number of nitrogens with zero attached hydrogens (tertiary/aromatic N) is 3. The number of nitriles is 1. The molecule has 0 saturated carbocycles. The van der Waals surface area contributed by atoms with Crippen LogP contribution < -0.4 is 4.90 Å². The Morgan fingerprint density at radius 1 is 1.30 bits per heavy atom. The predicted octanol–water partition coefficient (Wildman–Crippen LogP) is 2.73. The van der Waals surface area contributed by atoms with Crippen LogP contribution in [0.1, 0.15) is 11.1 Å². The minimum atomic E-state index is -0.552. The van der Waals surface area contributed by atoms with Crippen LogP contribution in [-0.2, 0) is 11.3 Å². The molecule has 0 radical (unpaired) electrons. The first kappa shape index (κ1) is 13.6. The smallest absolute Gasteiger partial charge is 0.415 e. The zero-order valence-corrected chi connectivity index (χ0v) is 11.0. The molecule has 0 spiro atoms. The average Bonchev–Trinajstić information content (AvgIpc) is 2.52. The molecule has 0 unspecified atom stereocenters. The third-order valence-corrected chi connectivity index (χ3v) is 2.70. The summed E-state index contributed by atoms with van der Waals surface area (Å²) in [5.74, 6) is 0.285. The number of carbonyl (C=O) groups is 1. The Labute approximate surface area is 117 Å². The van der Waals surface area contributed by atoms with E-state index < -0.39 is 6.09 Å². The standard InChI is InChI=1S/C15H13N3O2/c1-18(14-13(10-16)8-5-9-17-14)15(19)20-11-12-6-3-2-4-7-12/h2-9H,11H2,1H3. The fourth-order valence-corrected chi connectivity index (χ4v) is 1.65. The normalized spacial score (nSPS) is 9.60. The van der Waals surface area contributed by atoms with Gasteiger partial charge in [0.1, 0.15) is 12.7 Å². The number of amides is 1. The molecule has 0 aliphatic rings. The van der Waals surface area contributed by atoms with Gasteiger partial charge in [0.2, 0.25) is 0 Å². The average molecular weight is 267 g/mol. The van der Waals surface area contributed by atoms with Gasteiger partial charge in [-0.05, 0) is 17.7 Å². The Kier molecular flexibility index (Phi) is 4.30. The molecule has 0 aliphatic heterocycles. The van der Waals surface area contributed by atoms with Crippen LogP contribution >= 0.6 is 0 Å². The van der Waals surface area contributed by atoms with Crippen molar-refractivity contribution in [2.45, 2.75) is 6.61 Å². The van der Waals surface area contributed by atoms with Gasteiger partial charge in [0.25, 0.3) is 0 Å². The van der Waals surface area contributed by atoms with Crippen LogP contribution in [0.2, 0.25) is 0 Å². The second kappa shape index (κ2) is 6.34. The van der Waals surface area contributed by atoms with Gasteiger partial charge in [-0.3, -0.25) is 4.90 Å². The summed E-state index contributed by atoms with van der Waals surface area (Å²) in [6, 6.07) is 14.6. The van der Waals surface area contributed by atoms with Crippen molar-refractivity contribution in [1.29, 1.82) is 5.26 Å². The zero-order chi connectivity index (χ0) is 14.4. The molecule has 5 heteroatoms. The molecule has 0 N–H and O–H groups in total. The highest BCUT2D eigenvalue weighted by Gasteiger charge is 2.16. The van der Waals surface area contributed by atoms with E-state index in [2.05, 4.69) is 4.98 Å². The number of pyridine rings is 1. The molecule has 0 bridgehead atoms. The van der Waals surface area contributed by atoms with Crippen molar-refractivity contribution in [1.82, 2.24) is 4.98 Å². The maximum absolute atomic E-state index is 11.9. The number of hydrogen-bond acceptors (Lipinski definition) is 4. The lowest BCUT2D eigenvalue weighted by Gasteiger charge is -2.16. The Balaban J connectivity index is 2.04. The monoisotopic (exact) mass is 267 g/mol. The third-order valence-electron chi connectivity index (χ3n) is 2.70. The molecular formula is C15H13N3O2. The van der Waals surface area contributed by atoms with Crippen molar-refractivity contribution in [3.05, 3.63) is 59.8 Å². The minimum Gasteiger partial charge on any atom is -0.444 e. The van der Waals surface area contributed by atoms with E-state index >= 15 is 0 Å². The van der Waals surface area contributed by atoms with E-state index in [9.17, 15) is 4.79 Å². The zero-order valence-electron chi connectivity index (χ0n) is 11.0. The molecule has 5 nitrogen and oxygen atoms in total. The molecule has 1 aromatic heterocycles. The summed E-state index contributed by atoms with van der Waals surface area (Å²) in [6.45, 7) is 0.179. The predicted molar refractivity (Wildman–Crippen MR) is 74.0 cm³/mol. The number of ether oxygens (including phenoxy) is 1. The SMILES string of the molecule is CN(C(=O)OCc1ccccc1)c1ncccc1C#N. The minimum absolute atomic E-state index is 0.179. The molecule has 0 aliphatic carbocycles. The van der Waals surface area contributed by atoms with Crippen molar-refractivity contribution in [2.75, 3.05) is 11.9 Å². The highest BCUT2D eigenvalue weighted by molar-refractivity contribution is 5.87. The van der Waals surface area contributed by atoms with Crippen LogP contribution in [0.4, 0.5) is 10.6 Å². The van der Waals surface area contributed by atoms with Gasteiger partial charge in [-0.15, -0.1) is 0 Å². The van der Waals surface area contributed by atoms with E-state index in [1.54, 1.807) is 12.1 Å². The molecule has 2 aromatic rings. The molecule has 0 fully saturated rings. The molecule has 100 valence electrons. The summed E-state index contributed by atoms with van der Waals surface area (Å²) < 4.78 is 5.18. The fraction of sp³-hybridized carbons (Fsp3) is 0.133. The lowest BCUT2D eigenvalue weighted by Crippen LogP contribution is -2.28. The summed E-state index contributed by atoms with van der Waals surface area (Å²) in [4.78, 5) is 17.2. The summed E-state index contributed by atoms with van der Waals surface area (Å²) in [6.07, 6.45) is 0.973. The first-order valence-corrected chi connectivity index (χ1v) is 6.02. The molecule has 0 saturated heterocycles. The van der Waals surface area contributed by atoms with E-state index in [0.29, 0.717) is 5.56 Å². The van der Waals surface area contributed by atoms with Gasteiger partial charge < -0.3 is 4.74 Å². The quantitative estimate of drug-likeness (QED) is 0.857. The second-order valence-corrected chi connectivity index (χ2v) is 4.09. The fourth-order valence-electron chi connectivity index (χ4n) is 1.65. The van der Waals surface area contributed by atoms with Gasteiger partial charge in [-0.1, -0.05) is 30.3 Å². The number of rotatable bonds is 3. The van der Waals surface area contributed by atoms with Gasteiger partial charge in [-0.25, -0.2) is 9.78 Å². The number of aromatic nitrogens is 1. The molecule has 20 heavy (non-hydrogen) atoms. The van der Waals surface area contributed by atoms with Crippen LogP contribution in [0, 0.1) is 11.3 Å². The van der Waals surface area contributed by atoms with Crippen molar-refractivity contribution in [2.24, 2.45) is 0 Å². The summed E-state index contributed by atoms with van der Waals surface area (Å²) >= 11 is 0. The number of carbonyl (C=O) groups excluding carboxylic acids is 1. The van der Waals surface area contributed by atoms with Crippen LogP contribution in [0.25, 0.3) is 0 Å². The maximum Gasteiger partial charge on any atom is 0.415 e. The summed E-state index contributed by atoms with van der Waals surface area (Å²) in [7, 11) is 1.52. The molecule has 1 heterocycles. The van der Waals surface area contributed by atoms with Gasteiger partial charge in [0.05, 0.1) is 5.56 Å². The Hall–Kier alpha value is -2.87. The molecule has 1 amide bonds. The van der Waals surface area contributed by atoms with Crippen LogP contribution in [0.5, 0.6) is 0 Å². The Morgan fingerprint density at radius 2 is 2.05 bits per heavy atom. The van der Waals surface area contributed by atoms with E-state index in [0.717, 1.165) is 5.56 Å². The summed E-state index contributed by atoms with van der Waals surface area (Å²) in [5.41, 5.74) is 1.22. The topological polar surface area (TPSA) is 66.2 Å². The summed E-state index contributed by atoms with van der Waals surface area (Å²) in [5, 5.41) is 8.99. The maximum atomic E-state index is 11.9. The van der Waals surface area contributed by atoms with Crippen molar-refractivity contribution >= 4 is 11.9 Å². The van der Waals surface area contributed by atoms with Crippen molar-refractivity contribution in [3.63, 3.8) is 0 Å².